The highest BCUT2D eigenvalue weighted by molar-refractivity contribution is 7.80. The molecule has 0 spiro atoms. The molecule has 7 heteroatoms. The minimum atomic E-state index is -0.476. The smallest absolute Gasteiger partial charge is 0.269 e. The van der Waals surface area contributed by atoms with E-state index >= 15 is 0 Å². The highest BCUT2D eigenvalue weighted by atomic mass is 32.1. The van der Waals surface area contributed by atoms with Crippen LogP contribution in [0, 0.1) is 22.9 Å². The summed E-state index contributed by atoms with van der Waals surface area (Å²) in [4.78, 5) is 10.1. The quantitative estimate of drug-likeness (QED) is 0.512. The molecule has 0 amide bonds. The van der Waals surface area contributed by atoms with E-state index in [0.717, 1.165) is 5.56 Å². The normalized spacial score (nSPS) is 10.0. The molecular formula is C14H12FN3O2S. The minimum absolute atomic E-state index is 0.000373. The Morgan fingerprint density at radius 2 is 1.86 bits per heavy atom. The van der Waals surface area contributed by atoms with Crippen LogP contribution >= 0.6 is 12.2 Å². The molecule has 0 aliphatic carbocycles. The summed E-state index contributed by atoms with van der Waals surface area (Å²) >= 11 is 5.13. The Hall–Kier alpha value is -2.54. The number of nitrogens with zero attached hydrogens (tertiary/aromatic N) is 1. The van der Waals surface area contributed by atoms with Gasteiger partial charge in [-0.1, -0.05) is 6.07 Å². The Balaban J connectivity index is 2.04. The summed E-state index contributed by atoms with van der Waals surface area (Å²) in [5.41, 5.74) is 2.02. The van der Waals surface area contributed by atoms with Crippen LogP contribution in [0.3, 0.4) is 0 Å². The van der Waals surface area contributed by atoms with E-state index in [1.54, 1.807) is 18.2 Å². The van der Waals surface area contributed by atoms with Crippen molar-refractivity contribution < 1.29 is 9.31 Å². The molecule has 0 fully saturated rings. The summed E-state index contributed by atoms with van der Waals surface area (Å²) in [6, 6.07) is 10.2. The van der Waals surface area contributed by atoms with Crippen molar-refractivity contribution in [2.45, 2.75) is 6.92 Å². The lowest BCUT2D eigenvalue weighted by molar-refractivity contribution is -0.384. The van der Waals surface area contributed by atoms with Crippen molar-refractivity contribution in [2.75, 3.05) is 10.6 Å². The maximum Gasteiger partial charge on any atom is 0.269 e. The Labute approximate surface area is 125 Å². The molecule has 2 aromatic rings. The summed E-state index contributed by atoms with van der Waals surface area (Å²) in [6.45, 7) is 1.83. The minimum Gasteiger partial charge on any atom is -0.332 e. The standard InChI is InChI=1S/C14H12FN3O2S/c1-9-2-3-10(15)8-13(9)17-14(21)16-11-4-6-12(7-5-11)18(19)20/h2-8H,1H3,(H2,16,17,21). The molecule has 2 rings (SSSR count). The SMILES string of the molecule is Cc1ccc(F)cc1NC(=S)Nc1ccc([N+](=O)[O-])cc1. The molecule has 0 saturated carbocycles. The molecule has 0 atom stereocenters. The van der Waals surface area contributed by atoms with Gasteiger partial charge in [-0.25, -0.2) is 4.39 Å². The third-order valence-corrected chi connectivity index (χ3v) is 2.99. The Bertz CT molecular complexity index is 689. The van der Waals surface area contributed by atoms with Gasteiger partial charge in [-0.3, -0.25) is 10.1 Å². The Kier molecular flexibility index (Phi) is 4.44. The Morgan fingerprint density at radius 3 is 2.48 bits per heavy atom. The molecule has 0 aliphatic heterocycles. The van der Waals surface area contributed by atoms with E-state index in [1.165, 1.54) is 24.3 Å². The number of hydrogen-bond donors (Lipinski definition) is 2. The number of nitrogens with one attached hydrogen (secondary N) is 2. The van der Waals surface area contributed by atoms with Gasteiger partial charge >= 0.3 is 0 Å². The van der Waals surface area contributed by atoms with Gasteiger partial charge in [-0.2, -0.15) is 0 Å². The van der Waals surface area contributed by atoms with Crippen LogP contribution in [0.1, 0.15) is 5.56 Å². The van der Waals surface area contributed by atoms with Gasteiger partial charge in [0.05, 0.1) is 4.92 Å². The zero-order valence-electron chi connectivity index (χ0n) is 11.1. The van der Waals surface area contributed by atoms with Gasteiger partial charge in [0.1, 0.15) is 5.82 Å². The van der Waals surface area contributed by atoms with Crippen LogP contribution in [0.15, 0.2) is 42.5 Å². The van der Waals surface area contributed by atoms with Crippen molar-refractivity contribution in [1.82, 2.24) is 0 Å². The molecule has 108 valence electrons. The van der Waals surface area contributed by atoms with E-state index in [0.29, 0.717) is 11.4 Å². The summed E-state index contributed by atoms with van der Waals surface area (Å²) in [5.74, 6) is -0.360. The molecule has 0 aromatic heterocycles. The van der Waals surface area contributed by atoms with E-state index < -0.39 is 4.92 Å². The van der Waals surface area contributed by atoms with Crippen molar-refractivity contribution in [3.63, 3.8) is 0 Å². The summed E-state index contributed by atoms with van der Waals surface area (Å²) in [6.07, 6.45) is 0. The van der Waals surface area contributed by atoms with Crippen molar-refractivity contribution >= 4 is 34.4 Å². The number of thiocarbonyl (C=S) groups is 1. The fourth-order valence-electron chi connectivity index (χ4n) is 1.68. The molecule has 0 bridgehead atoms. The molecule has 0 aliphatic rings. The van der Waals surface area contributed by atoms with Gasteiger partial charge in [0, 0.05) is 23.5 Å². The maximum atomic E-state index is 13.2. The molecule has 2 aromatic carbocycles. The van der Waals surface area contributed by atoms with E-state index in [4.69, 9.17) is 12.2 Å². The second-order valence-electron chi connectivity index (χ2n) is 4.34. The lowest BCUT2D eigenvalue weighted by atomic mass is 10.2. The van der Waals surface area contributed by atoms with Crippen LogP contribution in [0.2, 0.25) is 0 Å². The zero-order valence-corrected chi connectivity index (χ0v) is 11.9. The third kappa shape index (κ3) is 3.96. The van der Waals surface area contributed by atoms with Crippen LogP contribution in [0.5, 0.6) is 0 Å². The summed E-state index contributed by atoms with van der Waals surface area (Å²) in [5, 5.41) is 16.6. The molecule has 0 unspecified atom stereocenters. The third-order valence-electron chi connectivity index (χ3n) is 2.78. The van der Waals surface area contributed by atoms with Gasteiger partial charge in [0.2, 0.25) is 0 Å². The number of hydrogen-bond acceptors (Lipinski definition) is 3. The van der Waals surface area contributed by atoms with Gasteiger partial charge in [0.25, 0.3) is 5.69 Å². The summed E-state index contributed by atoms with van der Waals surface area (Å²) in [7, 11) is 0. The number of aryl methyl sites for hydroxylation is 1. The van der Waals surface area contributed by atoms with Crippen LogP contribution in [-0.4, -0.2) is 10.0 Å². The first-order valence-electron chi connectivity index (χ1n) is 6.04. The van der Waals surface area contributed by atoms with E-state index in [-0.39, 0.29) is 16.6 Å². The number of nitro benzene ring substituents is 1. The van der Waals surface area contributed by atoms with Crippen molar-refractivity contribution in [2.24, 2.45) is 0 Å². The number of benzene rings is 2. The van der Waals surface area contributed by atoms with Gasteiger partial charge in [-0.05, 0) is 49.0 Å². The largest absolute Gasteiger partial charge is 0.332 e. The van der Waals surface area contributed by atoms with Crippen LogP contribution in [0.4, 0.5) is 21.5 Å². The fourth-order valence-corrected chi connectivity index (χ4v) is 1.91. The average molecular weight is 305 g/mol. The predicted molar refractivity (Wildman–Crippen MR) is 84.1 cm³/mol. The van der Waals surface area contributed by atoms with Gasteiger partial charge in [0.15, 0.2) is 5.11 Å². The van der Waals surface area contributed by atoms with E-state index in [2.05, 4.69) is 10.6 Å². The highest BCUT2D eigenvalue weighted by Gasteiger charge is 2.06. The maximum absolute atomic E-state index is 13.2. The molecule has 21 heavy (non-hydrogen) atoms. The molecule has 5 nitrogen and oxygen atoms in total. The molecule has 0 radical (unpaired) electrons. The first-order valence-corrected chi connectivity index (χ1v) is 6.45. The van der Waals surface area contributed by atoms with Crippen molar-refractivity contribution in [1.29, 1.82) is 0 Å². The van der Waals surface area contributed by atoms with Gasteiger partial charge in [-0.15, -0.1) is 0 Å². The monoisotopic (exact) mass is 305 g/mol. The molecular weight excluding hydrogens is 293 g/mol. The second kappa shape index (κ2) is 6.27. The van der Waals surface area contributed by atoms with Crippen LogP contribution < -0.4 is 10.6 Å². The van der Waals surface area contributed by atoms with Crippen LogP contribution in [0.25, 0.3) is 0 Å². The lowest BCUT2D eigenvalue weighted by Gasteiger charge is -2.12. The number of nitro groups is 1. The second-order valence-corrected chi connectivity index (χ2v) is 4.75. The van der Waals surface area contributed by atoms with Crippen molar-refractivity contribution in [3.8, 4) is 0 Å². The van der Waals surface area contributed by atoms with Crippen molar-refractivity contribution in [3.05, 3.63) is 64.0 Å². The number of non-ortho nitro benzene ring substituents is 1. The number of halogens is 1. The summed E-state index contributed by atoms with van der Waals surface area (Å²) < 4.78 is 13.2. The number of rotatable bonds is 3. The molecule has 2 N–H and O–H groups in total. The molecule has 0 saturated heterocycles. The van der Waals surface area contributed by atoms with E-state index in [1.807, 2.05) is 6.92 Å². The highest BCUT2D eigenvalue weighted by Crippen LogP contribution is 2.18. The van der Waals surface area contributed by atoms with Crippen LogP contribution in [-0.2, 0) is 0 Å². The zero-order chi connectivity index (χ0) is 15.4. The number of anilines is 2. The average Bonchev–Trinajstić information content (AvgIpc) is 2.43. The Morgan fingerprint density at radius 1 is 1.19 bits per heavy atom. The topological polar surface area (TPSA) is 67.2 Å². The van der Waals surface area contributed by atoms with Gasteiger partial charge < -0.3 is 10.6 Å². The molecule has 0 heterocycles. The first-order chi connectivity index (χ1) is 9.95. The fraction of sp³-hybridized carbons (Fsp3) is 0.0714. The predicted octanol–water partition coefficient (Wildman–Crippen LogP) is 3.85. The lowest BCUT2D eigenvalue weighted by Crippen LogP contribution is -2.19. The first kappa shape index (κ1) is 14.9. The van der Waals surface area contributed by atoms with E-state index in [9.17, 15) is 14.5 Å².